The molecule has 3 atom stereocenters. The summed E-state index contributed by atoms with van der Waals surface area (Å²) in [5.74, 6) is -0.147. The van der Waals surface area contributed by atoms with E-state index in [-0.39, 0.29) is 12.5 Å². The lowest BCUT2D eigenvalue weighted by Gasteiger charge is -2.26. The van der Waals surface area contributed by atoms with E-state index in [9.17, 15) is 20.1 Å². The second-order valence-corrected chi connectivity index (χ2v) is 18.8. The van der Waals surface area contributed by atoms with E-state index in [0.29, 0.717) is 12.8 Å². The Balaban J connectivity index is 3.51. The number of allylic oxidation sites excluding steroid dienone is 2. The van der Waals surface area contributed by atoms with Gasteiger partial charge in [-0.2, -0.15) is 0 Å². The summed E-state index contributed by atoms with van der Waals surface area (Å²) in [6, 6.07) is -0.822. The number of aliphatic hydroxyl groups is 3. The fraction of sp³-hybridized carbons (Fsp3) is 0.944. The zero-order valence-electron chi connectivity index (χ0n) is 40.2. The topological polar surface area (TPSA) is 89.8 Å². The molecular weight excluding hydrogens is 727 g/mol. The van der Waals surface area contributed by atoms with Gasteiger partial charge in [-0.25, -0.2) is 0 Å². The molecule has 0 fully saturated rings. The average Bonchev–Trinajstić information content (AvgIpc) is 3.24. The molecular formula is C54H107NO4. The minimum absolute atomic E-state index is 0.147. The summed E-state index contributed by atoms with van der Waals surface area (Å²) >= 11 is 0. The summed E-state index contributed by atoms with van der Waals surface area (Å²) in [5.41, 5.74) is 0. The molecule has 0 aromatic carbocycles. The second-order valence-electron chi connectivity index (χ2n) is 18.8. The van der Waals surface area contributed by atoms with Crippen molar-refractivity contribution in [3.8, 4) is 0 Å². The number of amides is 1. The van der Waals surface area contributed by atoms with Gasteiger partial charge in [-0.1, -0.05) is 270 Å². The first-order chi connectivity index (χ1) is 29.1. The van der Waals surface area contributed by atoms with Crippen LogP contribution in [0.3, 0.4) is 0 Å². The van der Waals surface area contributed by atoms with Crippen LogP contribution in [0.1, 0.15) is 303 Å². The van der Waals surface area contributed by atoms with Gasteiger partial charge < -0.3 is 20.6 Å². The van der Waals surface area contributed by atoms with Crippen molar-refractivity contribution >= 4 is 5.91 Å². The number of carbonyl (C=O) groups excluding carboxylic acids is 1. The van der Waals surface area contributed by atoms with Crippen LogP contribution < -0.4 is 5.32 Å². The number of hydrogen-bond donors (Lipinski definition) is 4. The number of hydrogen-bond acceptors (Lipinski definition) is 4. The summed E-state index contributed by atoms with van der Waals surface area (Å²) in [4.78, 5) is 12.5. The van der Waals surface area contributed by atoms with Gasteiger partial charge in [0.05, 0.1) is 18.8 Å². The van der Waals surface area contributed by atoms with E-state index in [2.05, 4.69) is 31.3 Å². The molecule has 0 rings (SSSR count). The van der Waals surface area contributed by atoms with Crippen molar-refractivity contribution in [2.45, 2.75) is 321 Å². The summed E-state index contributed by atoms with van der Waals surface area (Å²) < 4.78 is 0. The molecule has 0 radical (unpaired) electrons. The maximum absolute atomic E-state index is 12.5. The lowest BCUT2D eigenvalue weighted by atomic mass is 10.0. The molecule has 352 valence electrons. The summed E-state index contributed by atoms with van der Waals surface area (Å²) in [6.07, 6.45) is 60.8. The van der Waals surface area contributed by atoms with Crippen LogP contribution >= 0.6 is 0 Å². The summed E-state index contributed by atoms with van der Waals surface area (Å²) in [5, 5.41) is 33.7. The third-order valence-corrected chi connectivity index (χ3v) is 12.9. The van der Waals surface area contributed by atoms with E-state index in [4.69, 9.17) is 0 Å². The van der Waals surface area contributed by atoms with Crippen molar-refractivity contribution in [2.75, 3.05) is 6.61 Å². The Labute approximate surface area is 369 Å². The Kier molecular flexibility index (Phi) is 49.0. The van der Waals surface area contributed by atoms with Crippen LogP contribution in [-0.4, -0.2) is 46.1 Å². The predicted molar refractivity (Wildman–Crippen MR) is 259 cm³/mol. The minimum Gasteiger partial charge on any atom is -0.394 e. The maximum atomic E-state index is 12.5. The van der Waals surface area contributed by atoms with Gasteiger partial charge in [0.25, 0.3) is 0 Å². The van der Waals surface area contributed by atoms with E-state index in [1.54, 1.807) is 0 Å². The quantitative estimate of drug-likeness (QED) is 0.0363. The first-order valence-corrected chi connectivity index (χ1v) is 27.0. The van der Waals surface area contributed by atoms with Crippen LogP contribution in [0.2, 0.25) is 0 Å². The standard InChI is InChI=1S/C54H107NO4/c1-3-5-7-9-11-13-15-17-19-21-22-23-24-25-26-27-28-29-30-31-33-35-37-39-41-43-45-47-49-53(58)55-51(50-56)54(59)52(57)48-46-44-42-40-38-36-34-32-20-18-16-14-12-10-8-6-4-2/h40,42,51-52,54,56-57,59H,3-39,41,43-50H2,1-2H3,(H,55,58)/b42-40+. The zero-order chi connectivity index (χ0) is 43.0. The first-order valence-electron chi connectivity index (χ1n) is 27.0. The summed E-state index contributed by atoms with van der Waals surface area (Å²) in [7, 11) is 0. The molecule has 0 bridgehead atoms. The number of unbranched alkanes of at least 4 members (excludes halogenated alkanes) is 40. The third-order valence-electron chi connectivity index (χ3n) is 12.9. The van der Waals surface area contributed by atoms with Gasteiger partial charge in [-0.3, -0.25) is 4.79 Å². The largest absolute Gasteiger partial charge is 0.394 e. The highest BCUT2D eigenvalue weighted by molar-refractivity contribution is 5.76. The van der Waals surface area contributed by atoms with Gasteiger partial charge in [0.2, 0.25) is 5.91 Å². The van der Waals surface area contributed by atoms with E-state index in [1.807, 2.05) is 0 Å². The van der Waals surface area contributed by atoms with Gasteiger partial charge >= 0.3 is 0 Å². The molecule has 0 aliphatic rings. The van der Waals surface area contributed by atoms with Crippen LogP contribution in [-0.2, 0) is 4.79 Å². The highest BCUT2D eigenvalue weighted by Gasteiger charge is 2.26. The van der Waals surface area contributed by atoms with Crippen LogP contribution in [0, 0.1) is 0 Å². The molecule has 4 N–H and O–H groups in total. The number of aliphatic hydroxyl groups excluding tert-OH is 3. The lowest BCUT2D eigenvalue weighted by molar-refractivity contribution is -0.124. The van der Waals surface area contributed by atoms with Crippen molar-refractivity contribution in [3.63, 3.8) is 0 Å². The molecule has 0 aromatic rings. The van der Waals surface area contributed by atoms with E-state index in [0.717, 1.165) is 38.5 Å². The number of nitrogens with one attached hydrogen (secondary N) is 1. The fourth-order valence-electron chi connectivity index (χ4n) is 8.70. The summed E-state index contributed by atoms with van der Waals surface area (Å²) in [6.45, 7) is 4.20. The lowest BCUT2D eigenvalue weighted by Crippen LogP contribution is -2.50. The number of rotatable bonds is 50. The molecule has 0 saturated heterocycles. The first kappa shape index (κ1) is 58.1. The van der Waals surface area contributed by atoms with E-state index < -0.39 is 18.2 Å². The van der Waals surface area contributed by atoms with E-state index in [1.165, 1.54) is 238 Å². The second kappa shape index (κ2) is 49.7. The Hall–Kier alpha value is -0.910. The van der Waals surface area contributed by atoms with Crippen molar-refractivity contribution in [1.29, 1.82) is 0 Å². The molecule has 59 heavy (non-hydrogen) atoms. The van der Waals surface area contributed by atoms with Crippen molar-refractivity contribution in [2.24, 2.45) is 0 Å². The molecule has 0 aliphatic heterocycles. The number of carbonyl (C=O) groups is 1. The Morgan fingerprint density at radius 2 is 0.678 bits per heavy atom. The molecule has 0 saturated carbocycles. The van der Waals surface area contributed by atoms with Crippen molar-refractivity contribution in [3.05, 3.63) is 12.2 Å². The monoisotopic (exact) mass is 834 g/mol. The third kappa shape index (κ3) is 44.9. The van der Waals surface area contributed by atoms with Crippen molar-refractivity contribution in [1.82, 2.24) is 5.32 Å². The molecule has 0 spiro atoms. The van der Waals surface area contributed by atoms with E-state index >= 15 is 0 Å². The maximum Gasteiger partial charge on any atom is 0.220 e. The highest BCUT2D eigenvalue weighted by Crippen LogP contribution is 2.18. The highest BCUT2D eigenvalue weighted by atomic mass is 16.3. The van der Waals surface area contributed by atoms with Gasteiger partial charge in [0, 0.05) is 6.42 Å². The van der Waals surface area contributed by atoms with Crippen LogP contribution in [0.15, 0.2) is 12.2 Å². The minimum atomic E-state index is -1.15. The molecule has 5 heteroatoms. The van der Waals surface area contributed by atoms with Gasteiger partial charge in [-0.15, -0.1) is 0 Å². The Bertz CT molecular complexity index is 833. The van der Waals surface area contributed by atoms with Crippen LogP contribution in [0.4, 0.5) is 0 Å². The smallest absolute Gasteiger partial charge is 0.220 e. The molecule has 0 aliphatic carbocycles. The fourth-order valence-corrected chi connectivity index (χ4v) is 8.70. The van der Waals surface area contributed by atoms with Gasteiger partial charge in [-0.05, 0) is 38.5 Å². The Morgan fingerprint density at radius 1 is 0.407 bits per heavy atom. The van der Waals surface area contributed by atoms with Gasteiger partial charge in [0.1, 0.15) is 6.10 Å². The van der Waals surface area contributed by atoms with Crippen molar-refractivity contribution < 1.29 is 20.1 Å². The normalized spacial score (nSPS) is 13.4. The van der Waals surface area contributed by atoms with Crippen LogP contribution in [0.5, 0.6) is 0 Å². The Morgan fingerprint density at radius 3 is 0.983 bits per heavy atom. The molecule has 5 nitrogen and oxygen atoms in total. The molecule has 0 aromatic heterocycles. The zero-order valence-corrected chi connectivity index (χ0v) is 40.2. The van der Waals surface area contributed by atoms with Gasteiger partial charge in [0.15, 0.2) is 0 Å². The van der Waals surface area contributed by atoms with Crippen LogP contribution in [0.25, 0.3) is 0 Å². The average molecular weight is 834 g/mol. The SMILES string of the molecule is CCCCCCCCCCCCCC/C=C/CCCC(O)C(O)C(CO)NC(=O)CCCCCCCCCCCCCCCCCCCCCCCCCCCCCC. The molecule has 0 heterocycles. The molecule has 3 unspecified atom stereocenters. The predicted octanol–water partition coefficient (Wildman–Crippen LogP) is 16.3. The molecule has 1 amide bonds.